The van der Waals surface area contributed by atoms with Gasteiger partial charge in [0.15, 0.2) is 0 Å². The molecule has 1 atom stereocenters. The Balaban J connectivity index is 2.42. The minimum Gasteiger partial charge on any atom is -0.313 e. The molecule has 0 radical (unpaired) electrons. The molecule has 0 bridgehead atoms. The SMILES string of the molecule is CCCCCCCCC(NC)c1cc(Cl)ccc1C. The molecule has 2 heteroatoms. The number of halogens is 1. The molecule has 108 valence electrons. The first-order chi connectivity index (χ1) is 9.19. The molecule has 0 amide bonds. The topological polar surface area (TPSA) is 12.0 Å². The number of hydrogen-bond acceptors (Lipinski definition) is 1. The molecule has 1 rings (SSSR count). The maximum absolute atomic E-state index is 6.11. The zero-order valence-electron chi connectivity index (χ0n) is 12.6. The lowest BCUT2D eigenvalue weighted by molar-refractivity contribution is 0.496. The summed E-state index contributed by atoms with van der Waals surface area (Å²) in [6, 6.07) is 6.63. The highest BCUT2D eigenvalue weighted by atomic mass is 35.5. The molecular weight excluding hydrogens is 254 g/mol. The van der Waals surface area contributed by atoms with Crippen molar-refractivity contribution in [3.8, 4) is 0 Å². The molecule has 0 aromatic heterocycles. The van der Waals surface area contributed by atoms with E-state index in [-0.39, 0.29) is 0 Å². The van der Waals surface area contributed by atoms with Crippen LogP contribution < -0.4 is 5.32 Å². The van der Waals surface area contributed by atoms with E-state index in [1.807, 2.05) is 13.1 Å². The number of unbranched alkanes of at least 4 members (excludes halogenated alkanes) is 5. The molecule has 1 nitrogen and oxygen atoms in total. The Morgan fingerprint density at radius 2 is 1.79 bits per heavy atom. The van der Waals surface area contributed by atoms with E-state index in [9.17, 15) is 0 Å². The van der Waals surface area contributed by atoms with Crippen molar-refractivity contribution in [1.82, 2.24) is 5.32 Å². The van der Waals surface area contributed by atoms with E-state index in [0.29, 0.717) is 6.04 Å². The highest BCUT2D eigenvalue weighted by molar-refractivity contribution is 6.30. The maximum atomic E-state index is 6.11. The quantitative estimate of drug-likeness (QED) is 0.576. The number of hydrogen-bond donors (Lipinski definition) is 1. The highest BCUT2D eigenvalue weighted by Gasteiger charge is 2.11. The molecule has 1 aromatic carbocycles. The molecule has 0 aliphatic rings. The summed E-state index contributed by atoms with van der Waals surface area (Å²) in [5, 5.41) is 4.27. The third kappa shape index (κ3) is 5.97. The van der Waals surface area contributed by atoms with Gasteiger partial charge >= 0.3 is 0 Å². The Labute approximate surface area is 123 Å². The molecule has 0 saturated carbocycles. The van der Waals surface area contributed by atoms with Crippen molar-refractivity contribution < 1.29 is 0 Å². The van der Waals surface area contributed by atoms with Gasteiger partial charge in [-0.2, -0.15) is 0 Å². The minimum atomic E-state index is 0.435. The number of benzene rings is 1. The normalized spacial score (nSPS) is 12.6. The Bertz CT molecular complexity index is 362. The predicted molar refractivity (Wildman–Crippen MR) is 86.0 cm³/mol. The lowest BCUT2D eigenvalue weighted by Crippen LogP contribution is -2.17. The third-order valence-corrected chi connectivity index (χ3v) is 4.05. The van der Waals surface area contributed by atoms with Crippen LogP contribution in [0.1, 0.15) is 69.0 Å². The summed E-state index contributed by atoms with van der Waals surface area (Å²) < 4.78 is 0. The van der Waals surface area contributed by atoms with Gasteiger partial charge in [0.2, 0.25) is 0 Å². The van der Waals surface area contributed by atoms with Crippen LogP contribution in [0.2, 0.25) is 5.02 Å². The van der Waals surface area contributed by atoms with Crippen molar-refractivity contribution in [2.45, 2.75) is 64.8 Å². The molecule has 19 heavy (non-hydrogen) atoms. The number of aryl methyl sites for hydroxylation is 1. The van der Waals surface area contributed by atoms with Crippen LogP contribution in [0.5, 0.6) is 0 Å². The largest absolute Gasteiger partial charge is 0.313 e. The Hall–Kier alpha value is -0.530. The fraction of sp³-hybridized carbons (Fsp3) is 0.647. The molecule has 0 heterocycles. The first kappa shape index (κ1) is 16.5. The second kappa shape index (κ2) is 9.39. The van der Waals surface area contributed by atoms with Gasteiger partial charge in [-0.1, -0.05) is 63.1 Å². The monoisotopic (exact) mass is 281 g/mol. The summed E-state index contributed by atoms with van der Waals surface area (Å²) >= 11 is 6.11. The predicted octanol–water partition coefficient (Wildman–Crippen LogP) is 5.66. The van der Waals surface area contributed by atoms with Crippen LogP contribution in [-0.2, 0) is 0 Å². The summed E-state index contributed by atoms with van der Waals surface area (Å²) in [4.78, 5) is 0. The summed E-state index contributed by atoms with van der Waals surface area (Å²) in [5.41, 5.74) is 2.68. The Morgan fingerprint density at radius 1 is 1.11 bits per heavy atom. The number of rotatable bonds is 9. The Kier molecular flexibility index (Phi) is 8.16. The lowest BCUT2D eigenvalue weighted by Gasteiger charge is -2.19. The van der Waals surface area contributed by atoms with E-state index in [2.05, 4.69) is 31.3 Å². The van der Waals surface area contributed by atoms with E-state index in [0.717, 1.165) is 5.02 Å². The van der Waals surface area contributed by atoms with Gasteiger partial charge in [-0.05, 0) is 43.7 Å². The zero-order valence-corrected chi connectivity index (χ0v) is 13.4. The molecule has 1 aromatic rings. The van der Waals surface area contributed by atoms with Gasteiger partial charge in [-0.3, -0.25) is 0 Å². The smallest absolute Gasteiger partial charge is 0.0409 e. The lowest BCUT2D eigenvalue weighted by atomic mass is 9.96. The molecular formula is C17H28ClN. The van der Waals surface area contributed by atoms with Crippen LogP contribution in [0.3, 0.4) is 0 Å². The fourth-order valence-electron chi connectivity index (χ4n) is 2.57. The van der Waals surface area contributed by atoms with Gasteiger partial charge in [0.25, 0.3) is 0 Å². The summed E-state index contributed by atoms with van der Waals surface area (Å²) in [6.07, 6.45) is 9.29. The second-order valence-electron chi connectivity index (χ2n) is 5.40. The molecule has 0 fully saturated rings. The van der Waals surface area contributed by atoms with Crippen molar-refractivity contribution in [3.05, 3.63) is 34.3 Å². The maximum Gasteiger partial charge on any atom is 0.0409 e. The van der Waals surface area contributed by atoms with Crippen molar-refractivity contribution in [3.63, 3.8) is 0 Å². The van der Waals surface area contributed by atoms with E-state index in [4.69, 9.17) is 11.6 Å². The molecule has 0 spiro atoms. The summed E-state index contributed by atoms with van der Waals surface area (Å²) in [7, 11) is 2.04. The van der Waals surface area contributed by atoms with Crippen LogP contribution in [0.25, 0.3) is 0 Å². The van der Waals surface area contributed by atoms with Crippen LogP contribution in [0.4, 0.5) is 0 Å². The third-order valence-electron chi connectivity index (χ3n) is 3.81. The molecule has 1 N–H and O–H groups in total. The first-order valence-electron chi connectivity index (χ1n) is 7.62. The van der Waals surface area contributed by atoms with Crippen molar-refractivity contribution >= 4 is 11.6 Å². The summed E-state index contributed by atoms with van der Waals surface area (Å²) in [5.74, 6) is 0. The molecule has 1 unspecified atom stereocenters. The van der Waals surface area contributed by atoms with E-state index in [1.165, 1.54) is 56.1 Å². The molecule has 0 saturated heterocycles. The van der Waals surface area contributed by atoms with Crippen molar-refractivity contribution in [2.24, 2.45) is 0 Å². The van der Waals surface area contributed by atoms with Gasteiger partial charge in [0.1, 0.15) is 0 Å². The molecule has 0 aliphatic heterocycles. The van der Waals surface area contributed by atoms with Gasteiger partial charge in [-0.25, -0.2) is 0 Å². The van der Waals surface area contributed by atoms with Gasteiger partial charge in [0, 0.05) is 11.1 Å². The van der Waals surface area contributed by atoms with E-state index < -0.39 is 0 Å². The van der Waals surface area contributed by atoms with Crippen LogP contribution in [0, 0.1) is 6.92 Å². The standard InChI is InChI=1S/C17H28ClN/c1-4-5-6-7-8-9-10-17(19-3)16-13-15(18)12-11-14(16)2/h11-13,17,19H,4-10H2,1-3H3. The van der Waals surface area contributed by atoms with E-state index in [1.54, 1.807) is 0 Å². The van der Waals surface area contributed by atoms with Crippen LogP contribution >= 0.6 is 11.6 Å². The van der Waals surface area contributed by atoms with Gasteiger partial charge in [0.05, 0.1) is 0 Å². The average Bonchev–Trinajstić information content (AvgIpc) is 2.41. The van der Waals surface area contributed by atoms with E-state index >= 15 is 0 Å². The van der Waals surface area contributed by atoms with Crippen molar-refractivity contribution in [1.29, 1.82) is 0 Å². The Morgan fingerprint density at radius 3 is 2.47 bits per heavy atom. The second-order valence-corrected chi connectivity index (χ2v) is 5.84. The van der Waals surface area contributed by atoms with Crippen LogP contribution in [0.15, 0.2) is 18.2 Å². The fourth-order valence-corrected chi connectivity index (χ4v) is 2.75. The highest BCUT2D eigenvalue weighted by Crippen LogP contribution is 2.25. The number of nitrogens with one attached hydrogen (secondary N) is 1. The average molecular weight is 282 g/mol. The zero-order chi connectivity index (χ0) is 14.1. The minimum absolute atomic E-state index is 0.435. The van der Waals surface area contributed by atoms with Gasteiger partial charge < -0.3 is 5.32 Å². The molecule has 0 aliphatic carbocycles. The first-order valence-corrected chi connectivity index (χ1v) is 8.00. The van der Waals surface area contributed by atoms with Crippen LogP contribution in [-0.4, -0.2) is 7.05 Å². The van der Waals surface area contributed by atoms with Gasteiger partial charge in [-0.15, -0.1) is 0 Å². The summed E-state index contributed by atoms with van der Waals surface area (Å²) in [6.45, 7) is 4.43. The van der Waals surface area contributed by atoms with Crippen molar-refractivity contribution in [2.75, 3.05) is 7.05 Å².